The first-order valence-corrected chi connectivity index (χ1v) is 8.20. The fourth-order valence-corrected chi connectivity index (χ4v) is 3.71. The van der Waals surface area contributed by atoms with Crippen molar-refractivity contribution in [3.63, 3.8) is 0 Å². The number of hydrogen-bond donors (Lipinski definition) is 2. The standard InChI is InChI=1S/C11H13BrF2N2O2S/c12-8-4-11(10(14)5-9(8)13)16-19(17,18)6-7-2-1-3-15-7/h4-5,7,15-16H,1-3,6H2. The minimum Gasteiger partial charge on any atom is -0.313 e. The van der Waals surface area contributed by atoms with Crippen LogP contribution < -0.4 is 10.0 Å². The summed E-state index contributed by atoms with van der Waals surface area (Å²) in [6.07, 6.45) is 1.70. The van der Waals surface area contributed by atoms with Gasteiger partial charge < -0.3 is 5.32 Å². The van der Waals surface area contributed by atoms with Gasteiger partial charge in [-0.3, -0.25) is 4.72 Å². The summed E-state index contributed by atoms with van der Waals surface area (Å²) in [5.41, 5.74) is -0.258. The number of hydrogen-bond acceptors (Lipinski definition) is 3. The predicted molar refractivity (Wildman–Crippen MR) is 72.5 cm³/mol. The molecule has 19 heavy (non-hydrogen) atoms. The van der Waals surface area contributed by atoms with E-state index in [1.165, 1.54) is 0 Å². The number of nitrogens with one attached hydrogen (secondary N) is 2. The van der Waals surface area contributed by atoms with Gasteiger partial charge in [-0.15, -0.1) is 0 Å². The Morgan fingerprint density at radius 1 is 1.37 bits per heavy atom. The first-order valence-electron chi connectivity index (χ1n) is 5.76. The van der Waals surface area contributed by atoms with Crippen LogP contribution in [0.1, 0.15) is 12.8 Å². The zero-order valence-electron chi connectivity index (χ0n) is 9.92. The minimum atomic E-state index is -3.67. The Hall–Kier alpha value is -0.730. The van der Waals surface area contributed by atoms with Crippen LogP contribution >= 0.6 is 15.9 Å². The molecule has 0 radical (unpaired) electrons. The molecule has 2 rings (SSSR count). The first kappa shape index (κ1) is 14.7. The zero-order chi connectivity index (χ0) is 14.0. The van der Waals surface area contributed by atoms with E-state index < -0.39 is 21.7 Å². The van der Waals surface area contributed by atoms with Crippen molar-refractivity contribution < 1.29 is 17.2 Å². The monoisotopic (exact) mass is 354 g/mol. The second-order valence-corrected chi connectivity index (χ2v) is 7.04. The topological polar surface area (TPSA) is 58.2 Å². The SMILES string of the molecule is O=S(=O)(CC1CCCN1)Nc1cc(Br)c(F)cc1F. The molecule has 0 saturated carbocycles. The number of anilines is 1. The lowest BCUT2D eigenvalue weighted by molar-refractivity contribution is 0.574. The molecule has 1 aliphatic rings. The third-order valence-corrected chi connectivity index (χ3v) is 4.84. The van der Waals surface area contributed by atoms with Gasteiger partial charge in [-0.05, 0) is 41.4 Å². The summed E-state index contributed by atoms with van der Waals surface area (Å²) in [4.78, 5) is 0. The van der Waals surface area contributed by atoms with Crippen LogP contribution in [0.15, 0.2) is 16.6 Å². The lowest BCUT2D eigenvalue weighted by Crippen LogP contribution is -2.33. The number of benzene rings is 1. The number of halogens is 3. The van der Waals surface area contributed by atoms with Crippen molar-refractivity contribution in [2.75, 3.05) is 17.0 Å². The van der Waals surface area contributed by atoms with Gasteiger partial charge >= 0.3 is 0 Å². The summed E-state index contributed by atoms with van der Waals surface area (Å²) in [5.74, 6) is -1.84. The van der Waals surface area contributed by atoms with Crippen molar-refractivity contribution >= 4 is 31.6 Å². The van der Waals surface area contributed by atoms with E-state index in [4.69, 9.17) is 0 Å². The molecule has 0 aromatic heterocycles. The molecule has 2 N–H and O–H groups in total. The molecule has 1 fully saturated rings. The van der Waals surface area contributed by atoms with E-state index in [1.54, 1.807) is 0 Å². The molecule has 1 aromatic carbocycles. The highest BCUT2D eigenvalue weighted by Gasteiger charge is 2.23. The van der Waals surface area contributed by atoms with Crippen LogP contribution in [-0.2, 0) is 10.0 Å². The molecular formula is C11H13BrF2N2O2S. The molecule has 1 aliphatic heterocycles. The van der Waals surface area contributed by atoms with E-state index >= 15 is 0 Å². The molecule has 0 amide bonds. The summed E-state index contributed by atoms with van der Waals surface area (Å²) in [6, 6.07) is 1.59. The van der Waals surface area contributed by atoms with Crippen LogP contribution in [0.5, 0.6) is 0 Å². The molecule has 8 heteroatoms. The summed E-state index contributed by atoms with van der Waals surface area (Å²) < 4.78 is 52.4. The van der Waals surface area contributed by atoms with Gasteiger partial charge in [-0.1, -0.05) is 0 Å². The molecule has 0 spiro atoms. The summed E-state index contributed by atoms with van der Waals surface area (Å²) in [6.45, 7) is 0.788. The maximum absolute atomic E-state index is 13.5. The van der Waals surface area contributed by atoms with E-state index in [9.17, 15) is 17.2 Å². The average molecular weight is 355 g/mol. The maximum Gasteiger partial charge on any atom is 0.234 e. The number of rotatable bonds is 4. The Morgan fingerprint density at radius 2 is 2.11 bits per heavy atom. The van der Waals surface area contributed by atoms with E-state index in [1.807, 2.05) is 0 Å². The fourth-order valence-electron chi connectivity index (χ4n) is 1.97. The lowest BCUT2D eigenvalue weighted by atomic mass is 10.3. The zero-order valence-corrected chi connectivity index (χ0v) is 12.3. The average Bonchev–Trinajstić information content (AvgIpc) is 2.77. The molecule has 0 bridgehead atoms. The molecule has 1 heterocycles. The molecule has 4 nitrogen and oxygen atoms in total. The van der Waals surface area contributed by atoms with Crippen molar-refractivity contribution in [3.05, 3.63) is 28.2 Å². The Labute approximate surface area is 118 Å². The highest BCUT2D eigenvalue weighted by Crippen LogP contribution is 2.24. The third-order valence-electron chi connectivity index (χ3n) is 2.86. The van der Waals surface area contributed by atoms with Crippen molar-refractivity contribution in [2.24, 2.45) is 0 Å². The van der Waals surface area contributed by atoms with Gasteiger partial charge in [-0.2, -0.15) is 0 Å². The maximum atomic E-state index is 13.5. The molecule has 1 atom stereocenters. The van der Waals surface area contributed by atoms with Gasteiger partial charge in [0.05, 0.1) is 15.9 Å². The summed E-state index contributed by atoms with van der Waals surface area (Å²) in [7, 11) is -3.67. The Balaban J connectivity index is 2.13. The summed E-state index contributed by atoms with van der Waals surface area (Å²) >= 11 is 2.89. The largest absolute Gasteiger partial charge is 0.313 e. The van der Waals surface area contributed by atoms with Crippen LogP contribution in [0.2, 0.25) is 0 Å². The van der Waals surface area contributed by atoms with Crippen molar-refractivity contribution in [2.45, 2.75) is 18.9 Å². The minimum absolute atomic E-state index is 0.00518. The van der Waals surface area contributed by atoms with Gasteiger partial charge in [0.15, 0.2) is 0 Å². The molecular weight excluding hydrogens is 342 g/mol. The van der Waals surface area contributed by atoms with Crippen LogP contribution in [0.25, 0.3) is 0 Å². The highest BCUT2D eigenvalue weighted by molar-refractivity contribution is 9.10. The summed E-state index contributed by atoms with van der Waals surface area (Å²) in [5, 5.41) is 3.05. The molecule has 1 aromatic rings. The van der Waals surface area contributed by atoms with Gasteiger partial charge in [0.2, 0.25) is 10.0 Å². The van der Waals surface area contributed by atoms with Crippen molar-refractivity contribution in [3.8, 4) is 0 Å². The quantitative estimate of drug-likeness (QED) is 0.815. The highest BCUT2D eigenvalue weighted by atomic mass is 79.9. The Morgan fingerprint density at radius 3 is 2.74 bits per heavy atom. The molecule has 106 valence electrons. The van der Waals surface area contributed by atoms with Crippen LogP contribution in [-0.4, -0.2) is 26.8 Å². The number of sulfonamides is 1. The molecule has 1 unspecified atom stereocenters. The van der Waals surface area contributed by atoms with Crippen molar-refractivity contribution in [1.29, 1.82) is 0 Å². The van der Waals surface area contributed by atoms with Crippen LogP contribution in [0.4, 0.5) is 14.5 Å². The van der Waals surface area contributed by atoms with Gasteiger partial charge in [-0.25, -0.2) is 17.2 Å². The fraction of sp³-hybridized carbons (Fsp3) is 0.455. The third kappa shape index (κ3) is 3.87. The van der Waals surface area contributed by atoms with Gasteiger partial charge in [0.25, 0.3) is 0 Å². The van der Waals surface area contributed by atoms with Gasteiger partial charge in [0, 0.05) is 12.1 Å². The van der Waals surface area contributed by atoms with E-state index in [-0.39, 0.29) is 22.0 Å². The Kier molecular flexibility index (Phi) is 4.42. The van der Waals surface area contributed by atoms with Crippen LogP contribution in [0, 0.1) is 11.6 Å². The smallest absolute Gasteiger partial charge is 0.234 e. The van der Waals surface area contributed by atoms with E-state index in [0.29, 0.717) is 6.07 Å². The van der Waals surface area contributed by atoms with E-state index in [2.05, 4.69) is 26.0 Å². The second-order valence-electron chi connectivity index (χ2n) is 4.42. The van der Waals surface area contributed by atoms with E-state index in [0.717, 1.165) is 25.5 Å². The van der Waals surface area contributed by atoms with Crippen molar-refractivity contribution in [1.82, 2.24) is 5.32 Å². The predicted octanol–water partition coefficient (Wildman–Crippen LogP) is 2.22. The first-order chi connectivity index (χ1) is 8.87. The molecule has 0 aliphatic carbocycles. The normalized spacial score (nSPS) is 19.6. The van der Waals surface area contributed by atoms with Crippen LogP contribution in [0.3, 0.4) is 0 Å². The second kappa shape index (κ2) is 5.72. The lowest BCUT2D eigenvalue weighted by Gasteiger charge is -2.13. The van der Waals surface area contributed by atoms with Gasteiger partial charge in [0.1, 0.15) is 11.6 Å². The molecule has 1 saturated heterocycles. The Bertz CT molecular complexity index is 574.